The molecule has 7 heteroatoms. The average molecular weight is 328 g/mol. The predicted molar refractivity (Wildman–Crippen MR) is 81.8 cm³/mol. The molecule has 0 saturated heterocycles. The maximum Gasteiger partial charge on any atom is 0.251 e. The molecule has 1 atom stereocenters. The molecule has 0 saturated carbocycles. The Labute approximate surface area is 134 Å². The second-order valence-electron chi connectivity index (χ2n) is 6.31. The molecule has 2 amide bonds. The van der Waals surface area contributed by atoms with E-state index in [9.17, 15) is 23.5 Å². The molecular formula is C16H22F2N2O3. The molecule has 1 aromatic carbocycles. The van der Waals surface area contributed by atoms with Gasteiger partial charge in [0.15, 0.2) is 11.6 Å². The Hall–Kier alpha value is -2.02. The molecule has 0 heterocycles. The van der Waals surface area contributed by atoms with Crippen molar-refractivity contribution in [2.24, 2.45) is 5.41 Å². The van der Waals surface area contributed by atoms with Crippen LogP contribution in [0.3, 0.4) is 0 Å². The molecule has 1 unspecified atom stereocenters. The van der Waals surface area contributed by atoms with Crippen molar-refractivity contribution in [3.05, 3.63) is 35.4 Å². The Morgan fingerprint density at radius 1 is 1.22 bits per heavy atom. The van der Waals surface area contributed by atoms with E-state index >= 15 is 0 Å². The molecule has 1 rings (SSSR count). The van der Waals surface area contributed by atoms with Crippen LogP contribution in [0.25, 0.3) is 0 Å². The Morgan fingerprint density at radius 3 is 2.43 bits per heavy atom. The van der Waals surface area contributed by atoms with E-state index in [1.54, 1.807) is 6.92 Å². The maximum absolute atomic E-state index is 13.0. The lowest BCUT2D eigenvalue weighted by Crippen LogP contribution is -2.41. The fourth-order valence-corrected chi connectivity index (χ4v) is 2.17. The fraction of sp³-hybridized carbons (Fsp3) is 0.500. The summed E-state index contributed by atoms with van der Waals surface area (Å²) in [7, 11) is 0. The Morgan fingerprint density at radius 2 is 1.87 bits per heavy atom. The third kappa shape index (κ3) is 6.73. The zero-order chi connectivity index (χ0) is 17.6. The highest BCUT2D eigenvalue weighted by Gasteiger charge is 2.21. The molecule has 0 aliphatic heterocycles. The SMILES string of the molecule is CC(O)CC(C)(C)CNC(=O)CNC(=O)c1ccc(F)c(F)c1. The lowest BCUT2D eigenvalue weighted by molar-refractivity contribution is -0.120. The largest absolute Gasteiger partial charge is 0.393 e. The molecule has 0 aliphatic carbocycles. The third-order valence-electron chi connectivity index (χ3n) is 3.20. The fourth-order valence-electron chi connectivity index (χ4n) is 2.17. The minimum absolute atomic E-state index is 0.0638. The lowest BCUT2D eigenvalue weighted by atomic mass is 9.87. The number of rotatable bonds is 7. The first-order valence-electron chi connectivity index (χ1n) is 7.29. The van der Waals surface area contributed by atoms with Crippen molar-refractivity contribution >= 4 is 11.8 Å². The van der Waals surface area contributed by atoms with Crippen LogP contribution < -0.4 is 10.6 Å². The minimum atomic E-state index is -1.12. The number of aliphatic hydroxyl groups is 1. The highest BCUT2D eigenvalue weighted by Crippen LogP contribution is 2.20. The number of hydrogen-bond acceptors (Lipinski definition) is 3. The summed E-state index contributed by atoms with van der Waals surface area (Å²) in [5.74, 6) is -3.23. The van der Waals surface area contributed by atoms with Gasteiger partial charge >= 0.3 is 0 Å². The van der Waals surface area contributed by atoms with E-state index in [2.05, 4.69) is 10.6 Å². The van der Waals surface area contributed by atoms with Crippen LogP contribution in [0.5, 0.6) is 0 Å². The molecule has 0 aromatic heterocycles. The molecule has 1 aromatic rings. The van der Waals surface area contributed by atoms with E-state index in [0.29, 0.717) is 13.0 Å². The van der Waals surface area contributed by atoms with Crippen molar-refractivity contribution < 1.29 is 23.5 Å². The highest BCUT2D eigenvalue weighted by molar-refractivity contribution is 5.96. The van der Waals surface area contributed by atoms with Gasteiger partial charge in [-0.3, -0.25) is 9.59 Å². The van der Waals surface area contributed by atoms with Crippen molar-refractivity contribution in [1.29, 1.82) is 0 Å². The number of carbonyl (C=O) groups excluding carboxylic acids is 2. The minimum Gasteiger partial charge on any atom is -0.393 e. The molecule has 0 spiro atoms. The van der Waals surface area contributed by atoms with Crippen molar-refractivity contribution in [3.8, 4) is 0 Å². The molecular weight excluding hydrogens is 306 g/mol. The molecule has 0 aliphatic rings. The number of carbonyl (C=O) groups is 2. The van der Waals surface area contributed by atoms with Crippen molar-refractivity contribution in [2.45, 2.75) is 33.3 Å². The molecule has 3 N–H and O–H groups in total. The normalized spacial score (nSPS) is 12.6. The van der Waals surface area contributed by atoms with Crippen molar-refractivity contribution in [2.75, 3.05) is 13.1 Å². The number of aliphatic hydroxyl groups excluding tert-OH is 1. The maximum atomic E-state index is 13.0. The molecule has 5 nitrogen and oxygen atoms in total. The van der Waals surface area contributed by atoms with Crippen LogP contribution in [0.4, 0.5) is 8.78 Å². The van der Waals surface area contributed by atoms with E-state index in [4.69, 9.17) is 0 Å². The van der Waals surface area contributed by atoms with Gasteiger partial charge in [-0.1, -0.05) is 13.8 Å². The van der Waals surface area contributed by atoms with Gasteiger partial charge in [-0.15, -0.1) is 0 Å². The zero-order valence-corrected chi connectivity index (χ0v) is 13.5. The third-order valence-corrected chi connectivity index (χ3v) is 3.20. The Bertz CT molecular complexity index is 574. The van der Waals surface area contributed by atoms with E-state index in [1.807, 2.05) is 13.8 Å². The van der Waals surface area contributed by atoms with Gasteiger partial charge in [0, 0.05) is 12.1 Å². The van der Waals surface area contributed by atoms with Gasteiger partial charge in [-0.25, -0.2) is 8.78 Å². The summed E-state index contributed by atoms with van der Waals surface area (Å²) in [6, 6.07) is 2.76. The van der Waals surface area contributed by atoms with Gasteiger partial charge in [0.05, 0.1) is 12.6 Å². The summed E-state index contributed by atoms with van der Waals surface area (Å²) in [5.41, 5.74) is -0.348. The van der Waals surface area contributed by atoms with Crippen LogP contribution in [-0.4, -0.2) is 36.1 Å². The number of halogens is 2. The average Bonchev–Trinajstić information content (AvgIpc) is 2.44. The van der Waals surface area contributed by atoms with Crippen LogP contribution >= 0.6 is 0 Å². The van der Waals surface area contributed by atoms with Crippen LogP contribution in [0.1, 0.15) is 37.6 Å². The lowest BCUT2D eigenvalue weighted by Gasteiger charge is -2.26. The van der Waals surface area contributed by atoms with Crippen LogP contribution in [-0.2, 0) is 4.79 Å². The highest BCUT2D eigenvalue weighted by atomic mass is 19.2. The first-order chi connectivity index (χ1) is 10.6. The Kier molecular flexibility index (Phi) is 6.62. The summed E-state index contributed by atoms with van der Waals surface area (Å²) >= 11 is 0. The van der Waals surface area contributed by atoms with E-state index in [1.165, 1.54) is 0 Å². The number of amides is 2. The second kappa shape index (κ2) is 8.01. The van der Waals surface area contributed by atoms with E-state index < -0.39 is 29.6 Å². The number of benzene rings is 1. The van der Waals surface area contributed by atoms with Gasteiger partial charge in [0.1, 0.15) is 0 Å². The molecule has 128 valence electrons. The van der Waals surface area contributed by atoms with Crippen LogP contribution in [0, 0.1) is 17.0 Å². The quantitative estimate of drug-likeness (QED) is 0.711. The van der Waals surface area contributed by atoms with Gasteiger partial charge in [0.2, 0.25) is 5.91 Å². The molecule has 0 fully saturated rings. The van der Waals surface area contributed by atoms with E-state index in [-0.39, 0.29) is 17.5 Å². The van der Waals surface area contributed by atoms with Gasteiger partial charge in [-0.05, 0) is 37.0 Å². The van der Waals surface area contributed by atoms with Crippen LogP contribution in [0.2, 0.25) is 0 Å². The smallest absolute Gasteiger partial charge is 0.251 e. The zero-order valence-electron chi connectivity index (χ0n) is 13.5. The van der Waals surface area contributed by atoms with Crippen molar-refractivity contribution in [1.82, 2.24) is 10.6 Å². The summed E-state index contributed by atoms with van der Waals surface area (Å²) in [6.07, 6.45) is 0.0454. The summed E-state index contributed by atoms with van der Waals surface area (Å²) in [4.78, 5) is 23.5. The topological polar surface area (TPSA) is 78.4 Å². The van der Waals surface area contributed by atoms with Crippen LogP contribution in [0.15, 0.2) is 18.2 Å². The molecule has 0 bridgehead atoms. The van der Waals surface area contributed by atoms with Gasteiger partial charge < -0.3 is 15.7 Å². The summed E-state index contributed by atoms with van der Waals surface area (Å²) < 4.78 is 25.8. The van der Waals surface area contributed by atoms with Gasteiger partial charge in [-0.2, -0.15) is 0 Å². The summed E-state index contributed by atoms with van der Waals surface area (Å²) in [5, 5.41) is 14.4. The second-order valence-corrected chi connectivity index (χ2v) is 6.31. The van der Waals surface area contributed by atoms with E-state index in [0.717, 1.165) is 18.2 Å². The first-order valence-corrected chi connectivity index (χ1v) is 7.29. The molecule has 0 radical (unpaired) electrons. The standard InChI is InChI=1S/C16H22F2N2O3/c1-10(21)7-16(2,3)9-20-14(22)8-19-15(23)11-4-5-12(17)13(18)6-11/h4-6,10,21H,7-9H2,1-3H3,(H,19,23)(H,20,22). The summed E-state index contributed by atoms with van der Waals surface area (Å²) in [6.45, 7) is 5.55. The molecule has 23 heavy (non-hydrogen) atoms. The van der Waals surface area contributed by atoms with Gasteiger partial charge in [0.25, 0.3) is 5.91 Å². The number of nitrogens with one attached hydrogen (secondary N) is 2. The number of hydrogen-bond donors (Lipinski definition) is 3. The van der Waals surface area contributed by atoms with Crippen molar-refractivity contribution in [3.63, 3.8) is 0 Å². The first kappa shape index (κ1) is 19.0. The monoisotopic (exact) mass is 328 g/mol. The predicted octanol–water partition coefficient (Wildman–Crippen LogP) is 1.61. The Balaban J connectivity index is 2.43.